The zero-order valence-electron chi connectivity index (χ0n) is 24.4. The van der Waals surface area contributed by atoms with E-state index < -0.39 is 15.8 Å². The van der Waals surface area contributed by atoms with Crippen molar-refractivity contribution in [2.75, 3.05) is 0 Å². The minimum Gasteiger partial charge on any atom is -0.0622 e. The molecule has 43 heavy (non-hydrogen) atoms. The van der Waals surface area contributed by atoms with Crippen LogP contribution in [0, 0.1) is 0 Å². The SMILES string of the molecule is c1ccc(P(c2ccccc2)c2ccccc2C2(c3ccccc3P(c3ccccc3)c3ccccc3)CCCC2)cc1. The Morgan fingerprint density at radius 3 is 0.930 bits per heavy atom. The lowest BCUT2D eigenvalue weighted by Gasteiger charge is -2.37. The van der Waals surface area contributed by atoms with Crippen molar-refractivity contribution < 1.29 is 0 Å². The van der Waals surface area contributed by atoms with Gasteiger partial charge < -0.3 is 0 Å². The molecule has 7 rings (SSSR count). The molecular weight excluding hydrogens is 554 g/mol. The molecule has 2 heteroatoms. The Bertz CT molecular complexity index is 1550. The number of hydrogen-bond acceptors (Lipinski definition) is 0. The van der Waals surface area contributed by atoms with Gasteiger partial charge in [-0.3, -0.25) is 0 Å². The molecule has 1 saturated carbocycles. The second-order valence-corrected chi connectivity index (χ2v) is 15.7. The first-order valence-corrected chi connectivity index (χ1v) is 18.0. The zero-order valence-corrected chi connectivity index (χ0v) is 26.2. The van der Waals surface area contributed by atoms with Gasteiger partial charge in [-0.1, -0.05) is 183 Å². The summed E-state index contributed by atoms with van der Waals surface area (Å²) in [5.74, 6) is 0. The zero-order chi connectivity index (χ0) is 28.9. The van der Waals surface area contributed by atoms with E-state index in [0.717, 1.165) is 0 Å². The second-order valence-electron chi connectivity index (χ2n) is 11.3. The van der Waals surface area contributed by atoms with Crippen LogP contribution in [0.3, 0.4) is 0 Å². The third kappa shape index (κ3) is 5.52. The van der Waals surface area contributed by atoms with Gasteiger partial charge in [0.15, 0.2) is 0 Å². The summed E-state index contributed by atoms with van der Waals surface area (Å²) in [6.45, 7) is 0. The lowest BCUT2D eigenvalue weighted by Crippen LogP contribution is -2.37. The molecule has 0 saturated heterocycles. The van der Waals surface area contributed by atoms with Gasteiger partial charge in [-0.25, -0.2) is 0 Å². The molecule has 0 spiro atoms. The molecule has 0 unspecified atom stereocenters. The lowest BCUT2D eigenvalue weighted by atomic mass is 9.73. The van der Waals surface area contributed by atoms with Gasteiger partial charge in [0, 0.05) is 5.41 Å². The molecule has 0 amide bonds. The fourth-order valence-electron chi connectivity index (χ4n) is 6.97. The molecule has 210 valence electrons. The molecule has 6 aromatic rings. The van der Waals surface area contributed by atoms with Gasteiger partial charge in [-0.15, -0.1) is 0 Å². The highest BCUT2D eigenvalue weighted by Gasteiger charge is 2.42. The number of benzene rings is 6. The van der Waals surface area contributed by atoms with E-state index in [1.165, 1.54) is 68.6 Å². The summed E-state index contributed by atoms with van der Waals surface area (Å²) in [6, 6.07) is 63.6. The van der Waals surface area contributed by atoms with Crippen LogP contribution in [-0.2, 0) is 5.41 Å². The monoisotopic (exact) mass is 590 g/mol. The van der Waals surface area contributed by atoms with Crippen LogP contribution in [0.5, 0.6) is 0 Å². The van der Waals surface area contributed by atoms with E-state index in [0.29, 0.717) is 0 Å². The van der Waals surface area contributed by atoms with Crippen molar-refractivity contribution in [2.24, 2.45) is 0 Å². The summed E-state index contributed by atoms with van der Waals surface area (Å²) in [7, 11) is -1.42. The van der Waals surface area contributed by atoms with Crippen LogP contribution in [0.4, 0.5) is 0 Å². The number of rotatable bonds is 8. The molecule has 0 heterocycles. The van der Waals surface area contributed by atoms with Crippen LogP contribution in [0.15, 0.2) is 170 Å². The Hall–Kier alpha value is -3.82. The fraction of sp³-hybridized carbons (Fsp3) is 0.122. The van der Waals surface area contributed by atoms with Gasteiger partial charge in [-0.2, -0.15) is 0 Å². The van der Waals surface area contributed by atoms with E-state index in [9.17, 15) is 0 Å². The van der Waals surface area contributed by atoms with E-state index in [4.69, 9.17) is 0 Å². The fourth-order valence-corrected chi connectivity index (χ4v) is 12.1. The summed E-state index contributed by atoms with van der Waals surface area (Å²) in [6.07, 6.45) is 4.87. The summed E-state index contributed by atoms with van der Waals surface area (Å²) < 4.78 is 0. The topological polar surface area (TPSA) is 0 Å². The van der Waals surface area contributed by atoms with E-state index in [1.54, 1.807) is 0 Å². The maximum absolute atomic E-state index is 2.46. The van der Waals surface area contributed by atoms with Crippen molar-refractivity contribution in [2.45, 2.75) is 31.1 Å². The second kappa shape index (κ2) is 12.8. The highest BCUT2D eigenvalue weighted by atomic mass is 31.1. The smallest absolute Gasteiger partial charge is 0.0216 e. The molecule has 0 nitrogen and oxygen atoms in total. The molecule has 6 aromatic carbocycles. The molecule has 0 aliphatic heterocycles. The Balaban J connectivity index is 1.46. The molecule has 1 aliphatic rings. The largest absolute Gasteiger partial charge is 0.0622 e. The normalized spacial score (nSPS) is 14.3. The van der Waals surface area contributed by atoms with Gasteiger partial charge in [0.1, 0.15) is 0 Å². The van der Waals surface area contributed by atoms with Gasteiger partial charge in [0.25, 0.3) is 0 Å². The Morgan fingerprint density at radius 2 is 0.605 bits per heavy atom. The van der Waals surface area contributed by atoms with Crippen LogP contribution in [0.2, 0.25) is 0 Å². The number of hydrogen-bond donors (Lipinski definition) is 0. The average molecular weight is 591 g/mol. The minimum atomic E-state index is -0.712. The van der Waals surface area contributed by atoms with Gasteiger partial charge >= 0.3 is 0 Å². The average Bonchev–Trinajstić information content (AvgIpc) is 3.59. The van der Waals surface area contributed by atoms with Crippen LogP contribution >= 0.6 is 15.8 Å². The first-order valence-electron chi connectivity index (χ1n) is 15.3. The van der Waals surface area contributed by atoms with Gasteiger partial charge in [0.2, 0.25) is 0 Å². The predicted molar refractivity (Wildman–Crippen MR) is 190 cm³/mol. The molecule has 0 aromatic heterocycles. The predicted octanol–water partition coefficient (Wildman–Crippen LogP) is 8.06. The summed E-state index contributed by atoms with van der Waals surface area (Å²) in [4.78, 5) is 0. The van der Waals surface area contributed by atoms with Crippen molar-refractivity contribution in [3.63, 3.8) is 0 Å². The van der Waals surface area contributed by atoms with Gasteiger partial charge in [-0.05, 0) is 71.6 Å². The highest BCUT2D eigenvalue weighted by Crippen LogP contribution is 2.50. The van der Waals surface area contributed by atoms with Crippen molar-refractivity contribution in [1.82, 2.24) is 0 Å². The Kier molecular flexibility index (Phi) is 8.34. The lowest BCUT2D eigenvalue weighted by molar-refractivity contribution is 0.542. The van der Waals surface area contributed by atoms with Crippen LogP contribution in [0.1, 0.15) is 36.8 Å². The van der Waals surface area contributed by atoms with Crippen LogP contribution in [-0.4, -0.2) is 0 Å². The van der Waals surface area contributed by atoms with Crippen LogP contribution in [0.25, 0.3) is 0 Å². The van der Waals surface area contributed by atoms with Crippen LogP contribution < -0.4 is 31.8 Å². The Labute approximate surface area is 259 Å². The first-order chi connectivity index (χ1) is 21.4. The standard InChI is InChI=1S/C41H36P2/c1-5-19-33(20-6-1)42(34-21-7-2-8-22-34)39-29-15-13-27-37(39)41(31-17-18-32-41)38-28-14-16-30-40(38)43(35-23-9-3-10-24-35)36-25-11-4-12-26-36/h1-16,19-30H,17-18,31-32H2. The molecule has 0 atom stereocenters. The third-order valence-electron chi connectivity index (χ3n) is 8.84. The highest BCUT2D eigenvalue weighted by molar-refractivity contribution is 7.80. The maximum atomic E-state index is 2.46. The van der Waals surface area contributed by atoms with Crippen molar-refractivity contribution in [3.8, 4) is 0 Å². The van der Waals surface area contributed by atoms with E-state index in [-0.39, 0.29) is 5.41 Å². The maximum Gasteiger partial charge on any atom is 0.0216 e. The quantitative estimate of drug-likeness (QED) is 0.157. The molecule has 0 bridgehead atoms. The van der Waals surface area contributed by atoms with Crippen molar-refractivity contribution in [3.05, 3.63) is 181 Å². The molecule has 0 N–H and O–H groups in total. The molecular formula is C41H36P2. The van der Waals surface area contributed by atoms with E-state index >= 15 is 0 Å². The summed E-state index contributed by atoms with van der Waals surface area (Å²) in [5, 5.41) is 8.63. The minimum absolute atomic E-state index is 0.0263. The summed E-state index contributed by atoms with van der Waals surface area (Å²) >= 11 is 0. The van der Waals surface area contributed by atoms with Gasteiger partial charge in [0.05, 0.1) is 0 Å². The summed E-state index contributed by atoms with van der Waals surface area (Å²) in [5.41, 5.74) is 3.02. The molecule has 1 fully saturated rings. The van der Waals surface area contributed by atoms with Crippen molar-refractivity contribution >= 4 is 47.7 Å². The molecule has 0 radical (unpaired) electrons. The van der Waals surface area contributed by atoms with E-state index in [2.05, 4.69) is 170 Å². The van der Waals surface area contributed by atoms with Crippen molar-refractivity contribution in [1.29, 1.82) is 0 Å². The van der Waals surface area contributed by atoms with E-state index in [1.807, 2.05) is 0 Å². The first kappa shape index (κ1) is 28.0. The molecule has 1 aliphatic carbocycles. The third-order valence-corrected chi connectivity index (χ3v) is 13.8. The Morgan fingerprint density at radius 1 is 0.326 bits per heavy atom.